The Kier molecular flexibility index (Phi) is 4.08. The van der Waals surface area contributed by atoms with Crippen LogP contribution < -0.4 is 0 Å². The van der Waals surface area contributed by atoms with Gasteiger partial charge in [0.15, 0.2) is 0 Å². The molecule has 1 fully saturated rings. The van der Waals surface area contributed by atoms with Crippen LogP contribution in [0.15, 0.2) is 27.6 Å². The summed E-state index contributed by atoms with van der Waals surface area (Å²) >= 11 is 3.02. The SMILES string of the molecule is CC1CCCCN1S(=O)(=O)c1ccc(Br)c(F)c1. The Morgan fingerprint density at radius 3 is 2.72 bits per heavy atom. The maximum Gasteiger partial charge on any atom is 0.243 e. The van der Waals surface area contributed by atoms with Gasteiger partial charge in [-0.1, -0.05) is 6.42 Å². The van der Waals surface area contributed by atoms with Crippen LogP contribution in [-0.4, -0.2) is 25.3 Å². The average molecular weight is 336 g/mol. The first-order valence-corrected chi connectivity index (χ1v) is 8.13. The third-order valence-corrected chi connectivity index (χ3v) is 5.89. The number of halogens is 2. The molecular weight excluding hydrogens is 321 g/mol. The van der Waals surface area contributed by atoms with Crippen LogP contribution in [0.3, 0.4) is 0 Å². The van der Waals surface area contributed by atoms with E-state index in [2.05, 4.69) is 15.9 Å². The molecule has 1 heterocycles. The van der Waals surface area contributed by atoms with Crippen LogP contribution in [0.25, 0.3) is 0 Å². The quantitative estimate of drug-likeness (QED) is 0.832. The smallest absolute Gasteiger partial charge is 0.207 e. The molecule has 0 aliphatic carbocycles. The fourth-order valence-corrected chi connectivity index (χ4v) is 4.16. The molecule has 1 aromatic carbocycles. The molecule has 0 spiro atoms. The minimum absolute atomic E-state index is 0.0181. The van der Waals surface area contributed by atoms with Crippen LogP contribution >= 0.6 is 15.9 Å². The Labute approximate surface area is 115 Å². The normalized spacial score (nSPS) is 22.1. The molecule has 3 nitrogen and oxygen atoms in total. The van der Waals surface area contributed by atoms with Crippen molar-refractivity contribution in [2.75, 3.05) is 6.54 Å². The highest BCUT2D eigenvalue weighted by Crippen LogP contribution is 2.27. The van der Waals surface area contributed by atoms with E-state index in [-0.39, 0.29) is 15.4 Å². The van der Waals surface area contributed by atoms with Crippen LogP contribution in [-0.2, 0) is 10.0 Å². The highest BCUT2D eigenvalue weighted by Gasteiger charge is 2.31. The number of piperidine rings is 1. The van der Waals surface area contributed by atoms with Crippen molar-refractivity contribution in [1.29, 1.82) is 0 Å². The van der Waals surface area contributed by atoms with Gasteiger partial charge in [-0.3, -0.25) is 0 Å². The predicted octanol–water partition coefficient (Wildman–Crippen LogP) is 3.15. The average Bonchev–Trinajstić information content (AvgIpc) is 2.33. The van der Waals surface area contributed by atoms with Crippen molar-refractivity contribution in [2.24, 2.45) is 0 Å². The molecule has 18 heavy (non-hydrogen) atoms. The molecular formula is C12H15BrFNO2S. The fourth-order valence-electron chi connectivity index (χ4n) is 2.20. The summed E-state index contributed by atoms with van der Waals surface area (Å²) in [6, 6.07) is 3.91. The molecule has 0 bridgehead atoms. The van der Waals surface area contributed by atoms with E-state index in [1.165, 1.54) is 16.4 Å². The van der Waals surface area contributed by atoms with E-state index in [1.807, 2.05) is 6.92 Å². The molecule has 2 rings (SSSR count). The standard InChI is InChI=1S/C12H15BrFNO2S/c1-9-4-2-3-7-15(9)18(16,17)10-5-6-11(13)12(14)8-10/h5-6,8-9H,2-4,7H2,1H3. The third kappa shape index (κ3) is 2.60. The summed E-state index contributed by atoms with van der Waals surface area (Å²) in [7, 11) is -3.58. The zero-order valence-electron chi connectivity index (χ0n) is 10.1. The molecule has 100 valence electrons. The number of nitrogens with zero attached hydrogens (tertiary/aromatic N) is 1. The van der Waals surface area contributed by atoms with E-state index in [0.29, 0.717) is 6.54 Å². The Hall–Kier alpha value is -0.460. The minimum Gasteiger partial charge on any atom is -0.207 e. The van der Waals surface area contributed by atoms with E-state index < -0.39 is 15.8 Å². The second-order valence-corrected chi connectivity index (χ2v) is 7.28. The fraction of sp³-hybridized carbons (Fsp3) is 0.500. The second kappa shape index (κ2) is 5.27. The van der Waals surface area contributed by atoms with Gasteiger partial charge in [0.05, 0.1) is 9.37 Å². The van der Waals surface area contributed by atoms with Gasteiger partial charge in [-0.2, -0.15) is 4.31 Å². The summed E-state index contributed by atoms with van der Waals surface area (Å²) in [5, 5.41) is 0. The van der Waals surface area contributed by atoms with Gasteiger partial charge in [0.2, 0.25) is 10.0 Å². The highest BCUT2D eigenvalue weighted by atomic mass is 79.9. The van der Waals surface area contributed by atoms with Crippen molar-refractivity contribution < 1.29 is 12.8 Å². The van der Waals surface area contributed by atoms with Gasteiger partial charge >= 0.3 is 0 Å². The van der Waals surface area contributed by atoms with Crippen LogP contribution in [0.1, 0.15) is 26.2 Å². The van der Waals surface area contributed by atoms with E-state index in [9.17, 15) is 12.8 Å². The Morgan fingerprint density at radius 2 is 2.11 bits per heavy atom. The summed E-state index contributed by atoms with van der Waals surface area (Å²) in [6.45, 7) is 2.41. The van der Waals surface area contributed by atoms with Gasteiger partial charge in [-0.15, -0.1) is 0 Å². The van der Waals surface area contributed by atoms with Crippen molar-refractivity contribution in [1.82, 2.24) is 4.31 Å². The molecule has 0 radical (unpaired) electrons. The lowest BCUT2D eigenvalue weighted by Gasteiger charge is -2.32. The Balaban J connectivity index is 2.37. The van der Waals surface area contributed by atoms with Crippen LogP contribution in [0.2, 0.25) is 0 Å². The number of sulfonamides is 1. The maximum absolute atomic E-state index is 13.4. The van der Waals surface area contributed by atoms with Crippen LogP contribution in [0.5, 0.6) is 0 Å². The van der Waals surface area contributed by atoms with Gasteiger partial charge in [-0.25, -0.2) is 12.8 Å². The lowest BCUT2D eigenvalue weighted by Crippen LogP contribution is -2.41. The predicted molar refractivity (Wildman–Crippen MR) is 71.3 cm³/mol. The van der Waals surface area contributed by atoms with E-state index in [1.54, 1.807) is 0 Å². The number of rotatable bonds is 2. The first-order valence-electron chi connectivity index (χ1n) is 5.90. The lowest BCUT2D eigenvalue weighted by molar-refractivity contribution is 0.268. The zero-order chi connectivity index (χ0) is 13.3. The van der Waals surface area contributed by atoms with Gasteiger partial charge in [-0.05, 0) is 53.9 Å². The van der Waals surface area contributed by atoms with Gasteiger partial charge in [0.1, 0.15) is 5.82 Å². The summed E-state index contributed by atoms with van der Waals surface area (Å²) in [5.41, 5.74) is 0. The highest BCUT2D eigenvalue weighted by molar-refractivity contribution is 9.10. The van der Waals surface area contributed by atoms with Gasteiger partial charge in [0, 0.05) is 12.6 Å². The largest absolute Gasteiger partial charge is 0.243 e. The molecule has 0 saturated carbocycles. The minimum atomic E-state index is -3.58. The molecule has 1 atom stereocenters. The molecule has 0 N–H and O–H groups in total. The molecule has 6 heteroatoms. The van der Waals surface area contributed by atoms with E-state index in [4.69, 9.17) is 0 Å². The second-order valence-electron chi connectivity index (χ2n) is 4.54. The number of hydrogen-bond donors (Lipinski definition) is 0. The van der Waals surface area contributed by atoms with Crippen LogP contribution in [0.4, 0.5) is 4.39 Å². The summed E-state index contributed by atoms with van der Waals surface area (Å²) < 4.78 is 40.0. The van der Waals surface area contributed by atoms with Crippen molar-refractivity contribution in [3.05, 3.63) is 28.5 Å². The van der Waals surface area contributed by atoms with Crippen LogP contribution in [0, 0.1) is 5.82 Å². The number of benzene rings is 1. The first-order chi connectivity index (χ1) is 8.43. The summed E-state index contributed by atoms with van der Waals surface area (Å²) in [4.78, 5) is 0.0250. The van der Waals surface area contributed by atoms with Crippen molar-refractivity contribution >= 4 is 26.0 Å². The third-order valence-electron chi connectivity index (χ3n) is 3.24. The molecule has 0 amide bonds. The molecule has 1 aliphatic rings. The molecule has 1 saturated heterocycles. The van der Waals surface area contributed by atoms with Crippen molar-refractivity contribution in [3.63, 3.8) is 0 Å². The van der Waals surface area contributed by atoms with Crippen molar-refractivity contribution in [2.45, 2.75) is 37.1 Å². The van der Waals surface area contributed by atoms with Gasteiger partial charge < -0.3 is 0 Å². The zero-order valence-corrected chi connectivity index (χ0v) is 12.5. The Bertz CT molecular complexity index is 547. The molecule has 1 aliphatic heterocycles. The summed E-state index contributed by atoms with van der Waals surface area (Å²) in [5.74, 6) is -0.555. The Morgan fingerprint density at radius 1 is 1.39 bits per heavy atom. The summed E-state index contributed by atoms with van der Waals surface area (Å²) in [6.07, 6.45) is 2.77. The molecule has 1 unspecified atom stereocenters. The topological polar surface area (TPSA) is 37.4 Å². The van der Waals surface area contributed by atoms with E-state index in [0.717, 1.165) is 25.3 Å². The lowest BCUT2D eigenvalue weighted by atomic mass is 10.1. The maximum atomic E-state index is 13.4. The van der Waals surface area contributed by atoms with Gasteiger partial charge in [0.25, 0.3) is 0 Å². The van der Waals surface area contributed by atoms with Crippen molar-refractivity contribution in [3.8, 4) is 0 Å². The molecule has 0 aromatic heterocycles. The number of hydrogen-bond acceptors (Lipinski definition) is 2. The van der Waals surface area contributed by atoms with E-state index >= 15 is 0 Å². The first kappa shape index (κ1) is 14.0. The molecule has 1 aromatic rings. The monoisotopic (exact) mass is 335 g/mol.